The maximum Gasteiger partial charge on any atom is 0.148 e. The minimum absolute atomic E-state index is 0.586. The normalized spacial score (nSPS) is 20.2. The molecule has 0 radical (unpaired) electrons. The summed E-state index contributed by atoms with van der Waals surface area (Å²) >= 11 is 0. The first-order valence-corrected chi connectivity index (χ1v) is 7.46. The van der Waals surface area contributed by atoms with Crippen LogP contribution in [-0.2, 0) is 6.42 Å². The van der Waals surface area contributed by atoms with Crippen molar-refractivity contribution in [3.63, 3.8) is 0 Å². The number of nitrogens with zero attached hydrogens (tertiary/aromatic N) is 4. The van der Waals surface area contributed by atoms with Crippen LogP contribution in [0.1, 0.15) is 32.3 Å². The van der Waals surface area contributed by atoms with Crippen LogP contribution in [0.5, 0.6) is 0 Å². The molecule has 112 valence electrons. The molecule has 3 N–H and O–H groups in total. The minimum Gasteiger partial charge on any atom is -0.353 e. The highest BCUT2D eigenvalue weighted by Gasteiger charge is 2.26. The lowest BCUT2D eigenvalue weighted by atomic mass is 10.1. The van der Waals surface area contributed by atoms with Crippen molar-refractivity contribution in [1.82, 2.24) is 14.9 Å². The molecule has 1 unspecified atom stereocenters. The zero-order valence-electron chi connectivity index (χ0n) is 12.8. The molecular formula is C14H26N6. The van der Waals surface area contributed by atoms with E-state index < -0.39 is 0 Å². The maximum absolute atomic E-state index is 5.59. The summed E-state index contributed by atoms with van der Waals surface area (Å²) in [6.45, 7) is 7.50. The largest absolute Gasteiger partial charge is 0.353 e. The Labute approximate surface area is 121 Å². The molecule has 1 aromatic heterocycles. The number of hydrazine groups is 1. The first kappa shape index (κ1) is 15.0. The maximum atomic E-state index is 5.59. The van der Waals surface area contributed by atoms with E-state index in [0.29, 0.717) is 6.04 Å². The van der Waals surface area contributed by atoms with Crippen molar-refractivity contribution >= 4 is 11.6 Å². The number of rotatable bonds is 5. The monoisotopic (exact) mass is 278 g/mol. The molecule has 0 aromatic carbocycles. The Kier molecular flexibility index (Phi) is 5.14. The SMILES string of the molecule is CCCc1c(NN)ncnc1N1CCN(C)C(CC)C1. The van der Waals surface area contributed by atoms with Crippen molar-refractivity contribution in [2.45, 2.75) is 39.2 Å². The average Bonchev–Trinajstić information content (AvgIpc) is 2.48. The average molecular weight is 278 g/mol. The number of nitrogens with two attached hydrogens (primary N) is 1. The summed E-state index contributed by atoms with van der Waals surface area (Å²) in [6, 6.07) is 0.586. The van der Waals surface area contributed by atoms with Crippen molar-refractivity contribution in [1.29, 1.82) is 0 Å². The first-order valence-electron chi connectivity index (χ1n) is 7.46. The fourth-order valence-electron chi connectivity index (χ4n) is 2.86. The molecule has 1 fully saturated rings. The molecule has 1 saturated heterocycles. The van der Waals surface area contributed by atoms with Gasteiger partial charge in [0.05, 0.1) is 0 Å². The van der Waals surface area contributed by atoms with Gasteiger partial charge in [-0.25, -0.2) is 15.8 Å². The number of nitrogen functional groups attached to an aromatic ring is 1. The summed E-state index contributed by atoms with van der Waals surface area (Å²) in [4.78, 5) is 13.6. The molecule has 1 aromatic rings. The van der Waals surface area contributed by atoms with Crippen molar-refractivity contribution in [2.24, 2.45) is 5.84 Å². The van der Waals surface area contributed by atoms with Gasteiger partial charge in [0, 0.05) is 31.2 Å². The molecule has 0 spiro atoms. The van der Waals surface area contributed by atoms with Gasteiger partial charge in [0.25, 0.3) is 0 Å². The van der Waals surface area contributed by atoms with E-state index >= 15 is 0 Å². The van der Waals surface area contributed by atoms with Crippen LogP contribution in [-0.4, -0.2) is 47.6 Å². The molecular weight excluding hydrogens is 252 g/mol. The number of hydrogen-bond donors (Lipinski definition) is 2. The Morgan fingerprint density at radius 1 is 1.35 bits per heavy atom. The molecule has 6 heteroatoms. The Balaban J connectivity index is 2.27. The lowest BCUT2D eigenvalue weighted by molar-refractivity contribution is 0.212. The van der Waals surface area contributed by atoms with Gasteiger partial charge >= 0.3 is 0 Å². The lowest BCUT2D eigenvalue weighted by Gasteiger charge is -2.40. The predicted octanol–water partition coefficient (Wildman–Crippen LogP) is 1.25. The van der Waals surface area contributed by atoms with E-state index in [2.05, 4.69) is 46.1 Å². The number of piperazine rings is 1. The number of anilines is 2. The Morgan fingerprint density at radius 2 is 2.15 bits per heavy atom. The van der Waals surface area contributed by atoms with Crippen LogP contribution in [0.3, 0.4) is 0 Å². The molecule has 6 nitrogen and oxygen atoms in total. The van der Waals surface area contributed by atoms with Crippen molar-refractivity contribution in [3.05, 3.63) is 11.9 Å². The topological polar surface area (TPSA) is 70.3 Å². The van der Waals surface area contributed by atoms with Gasteiger partial charge in [0.1, 0.15) is 18.0 Å². The number of hydrogen-bond acceptors (Lipinski definition) is 6. The highest BCUT2D eigenvalue weighted by atomic mass is 15.3. The molecule has 2 rings (SSSR count). The lowest BCUT2D eigenvalue weighted by Crippen LogP contribution is -2.51. The van der Waals surface area contributed by atoms with E-state index in [1.807, 2.05) is 0 Å². The van der Waals surface area contributed by atoms with Crippen molar-refractivity contribution < 1.29 is 0 Å². The van der Waals surface area contributed by atoms with E-state index in [9.17, 15) is 0 Å². The van der Waals surface area contributed by atoms with Crippen LogP contribution < -0.4 is 16.2 Å². The van der Waals surface area contributed by atoms with E-state index in [4.69, 9.17) is 5.84 Å². The van der Waals surface area contributed by atoms with Gasteiger partial charge < -0.3 is 10.3 Å². The predicted molar refractivity (Wildman–Crippen MR) is 82.8 cm³/mol. The molecule has 2 heterocycles. The smallest absolute Gasteiger partial charge is 0.148 e. The van der Waals surface area contributed by atoms with Gasteiger partial charge in [-0.1, -0.05) is 20.3 Å². The zero-order valence-corrected chi connectivity index (χ0v) is 12.8. The molecule has 0 aliphatic carbocycles. The van der Waals surface area contributed by atoms with Gasteiger partial charge in [-0.05, 0) is 19.9 Å². The summed E-state index contributed by atoms with van der Waals surface area (Å²) in [7, 11) is 2.20. The first-order chi connectivity index (χ1) is 9.71. The molecule has 0 saturated carbocycles. The highest BCUT2D eigenvalue weighted by Crippen LogP contribution is 2.26. The molecule has 1 aliphatic rings. The van der Waals surface area contributed by atoms with Crippen molar-refractivity contribution in [3.8, 4) is 0 Å². The molecule has 1 aliphatic heterocycles. The van der Waals surface area contributed by atoms with E-state index in [1.54, 1.807) is 6.33 Å². The summed E-state index contributed by atoms with van der Waals surface area (Å²) in [5, 5.41) is 0. The Hall–Kier alpha value is -1.40. The zero-order chi connectivity index (χ0) is 14.5. The van der Waals surface area contributed by atoms with Crippen molar-refractivity contribution in [2.75, 3.05) is 37.0 Å². The van der Waals surface area contributed by atoms with E-state index in [-0.39, 0.29) is 0 Å². The summed E-state index contributed by atoms with van der Waals surface area (Å²) < 4.78 is 0. The summed E-state index contributed by atoms with van der Waals surface area (Å²) in [6.07, 6.45) is 4.75. The Bertz CT molecular complexity index is 436. The standard InChI is InChI=1S/C14H26N6/c1-4-6-12-13(18-15)16-10-17-14(12)20-8-7-19(3)11(5-2)9-20/h10-11H,4-9,15H2,1-3H3,(H,16,17,18). The highest BCUT2D eigenvalue weighted by molar-refractivity contribution is 5.58. The number of aromatic nitrogens is 2. The molecule has 1 atom stereocenters. The van der Waals surface area contributed by atoms with Gasteiger partial charge in [-0.15, -0.1) is 0 Å². The van der Waals surface area contributed by atoms with Crippen LogP contribution in [0.25, 0.3) is 0 Å². The van der Waals surface area contributed by atoms with Crippen LogP contribution in [0.2, 0.25) is 0 Å². The Morgan fingerprint density at radius 3 is 2.80 bits per heavy atom. The second-order valence-electron chi connectivity index (χ2n) is 5.41. The molecule has 0 amide bonds. The third kappa shape index (κ3) is 3.02. The number of likely N-dealkylation sites (N-methyl/N-ethyl adjacent to an activating group) is 1. The minimum atomic E-state index is 0.586. The van der Waals surface area contributed by atoms with Gasteiger partial charge in [0.2, 0.25) is 0 Å². The third-order valence-corrected chi connectivity index (χ3v) is 4.11. The summed E-state index contributed by atoms with van der Waals surface area (Å²) in [5.74, 6) is 7.38. The van der Waals surface area contributed by atoms with E-state index in [0.717, 1.165) is 56.1 Å². The van der Waals surface area contributed by atoms with Crippen LogP contribution in [0.4, 0.5) is 11.6 Å². The van der Waals surface area contributed by atoms with E-state index in [1.165, 1.54) is 0 Å². The van der Waals surface area contributed by atoms with Crippen LogP contribution in [0, 0.1) is 0 Å². The second kappa shape index (κ2) is 6.85. The van der Waals surface area contributed by atoms with Gasteiger partial charge in [0.15, 0.2) is 0 Å². The molecule has 20 heavy (non-hydrogen) atoms. The summed E-state index contributed by atoms with van der Waals surface area (Å²) in [5.41, 5.74) is 3.84. The quantitative estimate of drug-likeness (QED) is 0.624. The fraction of sp³-hybridized carbons (Fsp3) is 0.714. The molecule has 0 bridgehead atoms. The fourth-order valence-corrected chi connectivity index (χ4v) is 2.86. The van der Waals surface area contributed by atoms with Gasteiger partial charge in [-0.2, -0.15) is 0 Å². The number of nitrogens with one attached hydrogen (secondary N) is 1. The van der Waals surface area contributed by atoms with Crippen LogP contribution >= 0.6 is 0 Å². The second-order valence-corrected chi connectivity index (χ2v) is 5.41. The third-order valence-electron chi connectivity index (χ3n) is 4.11. The van der Waals surface area contributed by atoms with Gasteiger partial charge in [-0.3, -0.25) is 4.90 Å². The van der Waals surface area contributed by atoms with Crippen LogP contribution in [0.15, 0.2) is 6.33 Å².